The van der Waals surface area contributed by atoms with Gasteiger partial charge in [0.1, 0.15) is 0 Å². The van der Waals surface area contributed by atoms with Crippen molar-refractivity contribution in [3.63, 3.8) is 0 Å². The van der Waals surface area contributed by atoms with E-state index in [9.17, 15) is 26.3 Å². The summed E-state index contributed by atoms with van der Waals surface area (Å²) in [7, 11) is 0. The summed E-state index contributed by atoms with van der Waals surface area (Å²) in [6.45, 7) is 4.46. The zero-order valence-electron chi connectivity index (χ0n) is 19.7. The third-order valence-electron chi connectivity index (χ3n) is 8.49. The average molecular weight is 508 g/mol. The Hall–Kier alpha value is -1.36. The Bertz CT molecular complexity index is 917. The van der Waals surface area contributed by atoms with Crippen LogP contribution in [0.5, 0.6) is 0 Å². The Morgan fingerprint density at radius 3 is 2.26 bits per heavy atom. The summed E-state index contributed by atoms with van der Waals surface area (Å²) in [4.78, 5) is 11.9. The van der Waals surface area contributed by atoms with Crippen LogP contribution in [0.15, 0.2) is 18.2 Å². The summed E-state index contributed by atoms with van der Waals surface area (Å²) in [5.41, 5.74) is -3.27. The number of aryl methyl sites for hydroxylation is 1. The van der Waals surface area contributed by atoms with Crippen molar-refractivity contribution in [3.05, 3.63) is 34.9 Å². The van der Waals surface area contributed by atoms with Gasteiger partial charge in [0.05, 0.1) is 17.7 Å². The second kappa shape index (κ2) is 8.60. The molecule has 10 heteroatoms. The zero-order chi connectivity index (χ0) is 25.2. The lowest BCUT2D eigenvalue weighted by atomic mass is 9.57. The number of rotatable bonds is 4. The monoisotopic (exact) mass is 508 g/mol. The highest BCUT2D eigenvalue weighted by atomic mass is 19.4. The maximum Gasteiger partial charge on any atom is 0.416 e. The van der Waals surface area contributed by atoms with E-state index in [1.54, 1.807) is 0 Å². The minimum atomic E-state index is -4.85. The predicted octanol–water partition coefficient (Wildman–Crippen LogP) is 6.91. The van der Waals surface area contributed by atoms with Crippen molar-refractivity contribution in [2.24, 2.45) is 23.7 Å². The topological polar surface area (TPSA) is 36.9 Å². The Morgan fingerprint density at radius 1 is 0.914 bits per heavy atom. The van der Waals surface area contributed by atoms with Crippen LogP contribution in [-0.2, 0) is 38.0 Å². The number of ether oxygens (including phenoxy) is 2. The Labute approximate surface area is 200 Å². The van der Waals surface area contributed by atoms with Gasteiger partial charge in [0.2, 0.25) is 5.79 Å². The molecule has 5 aliphatic rings. The number of hydrogen-bond donors (Lipinski definition) is 0. The lowest BCUT2D eigenvalue weighted by Gasteiger charge is -2.59. The van der Waals surface area contributed by atoms with Crippen molar-refractivity contribution in [2.45, 2.75) is 88.8 Å². The van der Waals surface area contributed by atoms with E-state index in [4.69, 9.17) is 19.2 Å². The summed E-state index contributed by atoms with van der Waals surface area (Å²) < 4.78 is 91.6. The SMILES string of the molecule is C[C@@H]1CC[C@H]2[C@@H](CCCc3cc(C(F)(F)F)cc(C(F)(F)F)c3)CO[C@@H]3O[C@@]4(C)CC[C@@H]1[C@]32OO4. The first-order chi connectivity index (χ1) is 16.3. The molecule has 1 aromatic carbocycles. The molecule has 7 atom stereocenters. The van der Waals surface area contributed by atoms with Crippen molar-refractivity contribution in [1.29, 1.82) is 0 Å². The molecule has 0 radical (unpaired) electrons. The van der Waals surface area contributed by atoms with Crippen molar-refractivity contribution in [2.75, 3.05) is 6.61 Å². The molecule has 5 fully saturated rings. The third kappa shape index (κ3) is 4.49. The highest BCUT2D eigenvalue weighted by molar-refractivity contribution is 5.33. The molecule has 1 saturated carbocycles. The van der Waals surface area contributed by atoms with Gasteiger partial charge in [-0.15, -0.1) is 0 Å². The summed E-state index contributed by atoms with van der Waals surface area (Å²) in [6, 6.07) is 1.80. The predicted molar refractivity (Wildman–Crippen MR) is 112 cm³/mol. The van der Waals surface area contributed by atoms with Gasteiger partial charge in [-0.1, -0.05) is 6.92 Å². The lowest BCUT2D eigenvalue weighted by molar-refractivity contribution is -0.567. The molecule has 0 amide bonds. The summed E-state index contributed by atoms with van der Waals surface area (Å²) in [5.74, 6) is -0.142. The van der Waals surface area contributed by atoms with Gasteiger partial charge in [0.25, 0.3) is 0 Å². The summed E-state index contributed by atoms with van der Waals surface area (Å²) in [5, 5.41) is 0. The first-order valence-electron chi connectivity index (χ1n) is 12.3. The van der Waals surface area contributed by atoms with Crippen molar-refractivity contribution < 1.29 is 45.6 Å². The van der Waals surface area contributed by atoms with E-state index in [0.29, 0.717) is 31.8 Å². The molecule has 2 bridgehead atoms. The molecule has 35 heavy (non-hydrogen) atoms. The van der Waals surface area contributed by atoms with E-state index in [-0.39, 0.29) is 35.8 Å². The van der Waals surface area contributed by atoms with Gasteiger partial charge < -0.3 is 9.47 Å². The van der Waals surface area contributed by atoms with E-state index >= 15 is 0 Å². The van der Waals surface area contributed by atoms with E-state index in [1.807, 2.05) is 6.92 Å². The van der Waals surface area contributed by atoms with Crippen LogP contribution in [0.2, 0.25) is 0 Å². The molecule has 1 aliphatic carbocycles. The van der Waals surface area contributed by atoms with Crippen molar-refractivity contribution in [3.8, 4) is 0 Å². The number of alkyl halides is 6. The summed E-state index contributed by atoms with van der Waals surface area (Å²) in [6.07, 6.45) is -5.63. The number of benzene rings is 1. The van der Waals surface area contributed by atoms with Crippen LogP contribution >= 0.6 is 0 Å². The lowest BCUT2D eigenvalue weighted by Crippen LogP contribution is -2.69. The molecule has 6 rings (SSSR count). The van der Waals surface area contributed by atoms with Gasteiger partial charge in [-0.25, -0.2) is 9.78 Å². The maximum absolute atomic E-state index is 13.2. The van der Waals surface area contributed by atoms with Crippen molar-refractivity contribution >= 4 is 0 Å². The van der Waals surface area contributed by atoms with Crippen molar-refractivity contribution in [1.82, 2.24) is 0 Å². The van der Waals surface area contributed by atoms with E-state index in [2.05, 4.69) is 6.92 Å². The van der Waals surface area contributed by atoms with E-state index < -0.39 is 41.2 Å². The molecule has 1 spiro atoms. The van der Waals surface area contributed by atoms with Gasteiger partial charge in [0, 0.05) is 12.3 Å². The second-order valence-electron chi connectivity index (χ2n) is 10.8. The van der Waals surface area contributed by atoms with Crippen LogP contribution in [0.4, 0.5) is 26.3 Å². The maximum atomic E-state index is 13.2. The molecule has 1 aromatic rings. The molecule has 4 heterocycles. The fraction of sp³-hybridized carbons (Fsp3) is 0.760. The molecule has 196 valence electrons. The van der Waals surface area contributed by atoms with Gasteiger partial charge in [-0.2, -0.15) is 26.3 Å². The van der Waals surface area contributed by atoms with Crippen LogP contribution < -0.4 is 0 Å². The minimum absolute atomic E-state index is 0.0286. The first kappa shape index (κ1) is 25.3. The Morgan fingerprint density at radius 2 is 1.60 bits per heavy atom. The third-order valence-corrected chi connectivity index (χ3v) is 8.49. The minimum Gasteiger partial charge on any atom is -0.349 e. The first-order valence-corrected chi connectivity index (χ1v) is 12.3. The van der Waals surface area contributed by atoms with E-state index in [1.165, 1.54) is 0 Å². The highest BCUT2D eigenvalue weighted by Gasteiger charge is 2.68. The smallest absolute Gasteiger partial charge is 0.349 e. The highest BCUT2D eigenvalue weighted by Crippen LogP contribution is 2.60. The van der Waals surface area contributed by atoms with Crippen LogP contribution in [-0.4, -0.2) is 24.3 Å². The Kier molecular flexibility index (Phi) is 6.22. The normalized spacial score (nSPS) is 39.3. The fourth-order valence-electron chi connectivity index (χ4n) is 6.74. The fourth-order valence-corrected chi connectivity index (χ4v) is 6.74. The average Bonchev–Trinajstić information content (AvgIpc) is 3.00. The largest absolute Gasteiger partial charge is 0.416 e. The van der Waals surface area contributed by atoms with Gasteiger partial charge in [-0.3, -0.25) is 0 Å². The second-order valence-corrected chi connectivity index (χ2v) is 10.8. The quantitative estimate of drug-likeness (QED) is 0.327. The van der Waals surface area contributed by atoms with Gasteiger partial charge in [-0.05, 0) is 87.0 Å². The van der Waals surface area contributed by atoms with Crippen LogP contribution in [0.3, 0.4) is 0 Å². The number of hydrogen-bond acceptors (Lipinski definition) is 4. The van der Waals surface area contributed by atoms with Crippen LogP contribution in [0.25, 0.3) is 0 Å². The molecule has 0 aromatic heterocycles. The molecular weight excluding hydrogens is 478 g/mol. The molecule has 0 N–H and O–H groups in total. The molecule has 0 unspecified atom stereocenters. The van der Waals surface area contributed by atoms with Gasteiger partial charge in [0.15, 0.2) is 11.9 Å². The Balaban J connectivity index is 1.33. The van der Waals surface area contributed by atoms with Crippen LogP contribution in [0.1, 0.15) is 69.1 Å². The zero-order valence-corrected chi connectivity index (χ0v) is 19.7. The molecule has 4 saturated heterocycles. The van der Waals surface area contributed by atoms with E-state index in [0.717, 1.165) is 31.4 Å². The van der Waals surface area contributed by atoms with Crippen LogP contribution in [0, 0.1) is 23.7 Å². The molecule has 4 nitrogen and oxygen atoms in total. The number of halogens is 6. The molecule has 4 aliphatic heterocycles. The molecular formula is C25H30F6O4. The summed E-state index contributed by atoms with van der Waals surface area (Å²) >= 11 is 0. The van der Waals surface area contributed by atoms with Gasteiger partial charge >= 0.3 is 12.4 Å². The number of fused-ring (bicyclic) bond motifs is 2. The standard InChI is InChI=1S/C25H30F6O4/c1-14-6-7-20-16(13-32-21-23(20)19(14)8-9-22(2,33-21)34-35-23)5-3-4-15-10-17(24(26,27)28)12-18(11-15)25(29,30)31/h10-12,14,16,19-21H,3-9,13H2,1-2H3/t14-,16+,19+,20+,21-,22-,23-/m1/s1.